The van der Waals surface area contributed by atoms with Crippen molar-refractivity contribution in [3.05, 3.63) is 95.5 Å². The van der Waals surface area contributed by atoms with Gasteiger partial charge in [-0.1, -0.05) is 48.5 Å². The molecule has 0 aliphatic carbocycles. The van der Waals surface area contributed by atoms with Crippen LogP contribution in [0.3, 0.4) is 0 Å². The van der Waals surface area contributed by atoms with Gasteiger partial charge in [0.15, 0.2) is 0 Å². The number of benzene rings is 3. The third-order valence-electron chi connectivity index (χ3n) is 4.48. The molecule has 0 bridgehead atoms. The Bertz CT molecular complexity index is 1170. The molecule has 2 heterocycles. The average molecular weight is 385 g/mol. The van der Waals surface area contributed by atoms with E-state index in [1.165, 1.54) is 27.0 Å². The monoisotopic (exact) mass is 384 g/mol. The highest BCUT2D eigenvalue weighted by Gasteiger charge is 2.08. The number of hydrogen-bond acceptors (Lipinski definition) is 4. The van der Waals surface area contributed by atoms with Crippen molar-refractivity contribution in [1.82, 2.24) is 9.97 Å². The summed E-state index contributed by atoms with van der Waals surface area (Å²) in [5, 5.41) is 4.17. The maximum Gasteiger partial charge on any atom is 0.124 e. The van der Waals surface area contributed by atoms with E-state index in [-0.39, 0.29) is 0 Å². The lowest BCUT2D eigenvalue weighted by Gasteiger charge is -2.06. The summed E-state index contributed by atoms with van der Waals surface area (Å²) in [6.45, 7) is 0. The molecular formula is C23H16N2S2. The van der Waals surface area contributed by atoms with Gasteiger partial charge in [0.2, 0.25) is 0 Å². The SMILES string of the molecule is c1cc(Cc2cccc(-c3nc4ccccc4s3)c2)cc(-c2nccs2)c1. The Morgan fingerprint density at radius 2 is 1.48 bits per heavy atom. The van der Waals surface area contributed by atoms with Crippen molar-refractivity contribution >= 4 is 32.9 Å². The molecular weight excluding hydrogens is 368 g/mol. The van der Waals surface area contributed by atoms with Gasteiger partial charge in [0.05, 0.1) is 10.2 Å². The van der Waals surface area contributed by atoms with Gasteiger partial charge in [-0.25, -0.2) is 9.97 Å². The fourth-order valence-electron chi connectivity index (χ4n) is 3.23. The van der Waals surface area contributed by atoms with Gasteiger partial charge >= 0.3 is 0 Å². The molecule has 27 heavy (non-hydrogen) atoms. The molecule has 0 unspecified atom stereocenters. The maximum absolute atomic E-state index is 4.79. The van der Waals surface area contributed by atoms with Crippen molar-refractivity contribution in [3.8, 4) is 21.1 Å². The minimum Gasteiger partial charge on any atom is -0.245 e. The number of aromatic nitrogens is 2. The van der Waals surface area contributed by atoms with E-state index in [1.54, 1.807) is 22.7 Å². The average Bonchev–Trinajstić information content (AvgIpc) is 3.38. The summed E-state index contributed by atoms with van der Waals surface area (Å²) in [5.74, 6) is 0. The van der Waals surface area contributed by atoms with Crippen molar-refractivity contribution in [2.45, 2.75) is 6.42 Å². The second-order valence-electron chi connectivity index (χ2n) is 6.40. The number of hydrogen-bond donors (Lipinski definition) is 0. The summed E-state index contributed by atoms with van der Waals surface area (Å²) in [6.07, 6.45) is 2.76. The van der Waals surface area contributed by atoms with E-state index in [9.17, 15) is 0 Å². The van der Waals surface area contributed by atoms with Crippen molar-refractivity contribution in [2.24, 2.45) is 0 Å². The van der Waals surface area contributed by atoms with Crippen molar-refractivity contribution in [1.29, 1.82) is 0 Å². The third-order valence-corrected chi connectivity index (χ3v) is 6.39. The molecule has 5 rings (SSSR count). The van der Waals surface area contributed by atoms with E-state index in [0.29, 0.717) is 0 Å². The minimum atomic E-state index is 0.901. The summed E-state index contributed by atoms with van der Waals surface area (Å²) < 4.78 is 1.23. The molecule has 2 nitrogen and oxygen atoms in total. The van der Waals surface area contributed by atoms with Crippen LogP contribution < -0.4 is 0 Å². The zero-order valence-electron chi connectivity index (χ0n) is 14.5. The van der Waals surface area contributed by atoms with Crippen LogP contribution in [0.5, 0.6) is 0 Å². The van der Waals surface area contributed by atoms with E-state index >= 15 is 0 Å². The molecule has 0 spiro atoms. The van der Waals surface area contributed by atoms with Crippen LogP contribution in [0.4, 0.5) is 0 Å². The molecule has 130 valence electrons. The van der Waals surface area contributed by atoms with Crippen LogP contribution in [0, 0.1) is 0 Å². The highest BCUT2D eigenvalue weighted by molar-refractivity contribution is 7.21. The Morgan fingerprint density at radius 3 is 2.19 bits per heavy atom. The van der Waals surface area contributed by atoms with E-state index in [1.807, 2.05) is 17.6 Å². The van der Waals surface area contributed by atoms with Gasteiger partial charge in [-0.2, -0.15) is 0 Å². The molecule has 3 aromatic carbocycles. The van der Waals surface area contributed by atoms with E-state index in [2.05, 4.69) is 71.7 Å². The number of para-hydroxylation sites is 1. The molecule has 0 fully saturated rings. The molecule has 4 heteroatoms. The Labute approximate surface area is 165 Å². The lowest BCUT2D eigenvalue weighted by atomic mass is 10.0. The fourth-order valence-corrected chi connectivity index (χ4v) is 4.82. The molecule has 0 aliphatic rings. The highest BCUT2D eigenvalue weighted by atomic mass is 32.1. The normalized spacial score (nSPS) is 11.1. The van der Waals surface area contributed by atoms with Crippen LogP contribution in [-0.2, 0) is 6.42 Å². The van der Waals surface area contributed by atoms with Gasteiger partial charge in [-0.15, -0.1) is 22.7 Å². The van der Waals surface area contributed by atoms with Gasteiger partial charge in [-0.05, 0) is 41.8 Å². The third kappa shape index (κ3) is 3.42. The van der Waals surface area contributed by atoms with Gasteiger partial charge in [0, 0.05) is 22.7 Å². The van der Waals surface area contributed by atoms with Crippen LogP contribution in [0.1, 0.15) is 11.1 Å². The predicted octanol–water partition coefficient (Wildman–Crippen LogP) is 6.68. The first-order chi connectivity index (χ1) is 13.3. The van der Waals surface area contributed by atoms with Gasteiger partial charge in [-0.3, -0.25) is 0 Å². The summed E-state index contributed by atoms with van der Waals surface area (Å²) in [4.78, 5) is 9.21. The van der Waals surface area contributed by atoms with Crippen LogP contribution >= 0.6 is 22.7 Å². The van der Waals surface area contributed by atoms with E-state index < -0.39 is 0 Å². The van der Waals surface area contributed by atoms with Crippen molar-refractivity contribution in [2.75, 3.05) is 0 Å². The predicted molar refractivity (Wildman–Crippen MR) is 115 cm³/mol. The van der Waals surface area contributed by atoms with Crippen LogP contribution in [0.25, 0.3) is 31.4 Å². The standard InChI is InChI=1S/C23H16N2S2/c1-2-10-21-20(9-1)25-23(27-21)19-8-4-6-17(15-19)13-16-5-3-7-18(14-16)22-24-11-12-26-22/h1-12,14-15H,13H2. The topological polar surface area (TPSA) is 25.8 Å². The molecule has 2 aromatic heterocycles. The molecule has 0 atom stereocenters. The van der Waals surface area contributed by atoms with Gasteiger partial charge in [0.1, 0.15) is 10.0 Å². The minimum absolute atomic E-state index is 0.901. The molecule has 0 N–H and O–H groups in total. The molecule has 0 saturated heterocycles. The lowest BCUT2D eigenvalue weighted by Crippen LogP contribution is -1.90. The number of fused-ring (bicyclic) bond motifs is 1. The Balaban J connectivity index is 1.45. The largest absolute Gasteiger partial charge is 0.245 e. The summed E-state index contributed by atoms with van der Waals surface area (Å²) in [5.41, 5.74) is 6.03. The second kappa shape index (κ2) is 7.06. The maximum atomic E-state index is 4.79. The molecule has 0 amide bonds. The number of rotatable bonds is 4. The summed E-state index contributed by atoms with van der Waals surface area (Å²) >= 11 is 3.42. The van der Waals surface area contributed by atoms with Crippen LogP contribution in [0.15, 0.2) is 84.4 Å². The second-order valence-corrected chi connectivity index (χ2v) is 8.33. The fraction of sp³-hybridized carbons (Fsp3) is 0.0435. The zero-order chi connectivity index (χ0) is 18.1. The van der Waals surface area contributed by atoms with Gasteiger partial charge in [0.25, 0.3) is 0 Å². The van der Waals surface area contributed by atoms with Crippen molar-refractivity contribution < 1.29 is 0 Å². The Morgan fingerprint density at radius 1 is 0.741 bits per heavy atom. The zero-order valence-corrected chi connectivity index (χ0v) is 16.1. The number of nitrogens with zero attached hydrogens (tertiary/aromatic N) is 2. The quantitative estimate of drug-likeness (QED) is 0.345. The van der Waals surface area contributed by atoms with E-state index in [0.717, 1.165) is 22.0 Å². The first-order valence-electron chi connectivity index (χ1n) is 8.79. The van der Waals surface area contributed by atoms with Gasteiger partial charge < -0.3 is 0 Å². The Kier molecular flexibility index (Phi) is 4.28. The van der Waals surface area contributed by atoms with Crippen LogP contribution in [-0.4, -0.2) is 9.97 Å². The summed E-state index contributed by atoms with van der Waals surface area (Å²) in [6, 6.07) is 25.7. The number of thiazole rings is 2. The molecule has 5 aromatic rings. The Hall–Kier alpha value is -2.82. The summed E-state index contributed by atoms with van der Waals surface area (Å²) in [7, 11) is 0. The first-order valence-corrected chi connectivity index (χ1v) is 10.5. The molecule has 0 aliphatic heterocycles. The van der Waals surface area contributed by atoms with Crippen LogP contribution in [0.2, 0.25) is 0 Å². The smallest absolute Gasteiger partial charge is 0.124 e. The van der Waals surface area contributed by atoms with E-state index in [4.69, 9.17) is 4.98 Å². The molecule has 0 saturated carbocycles. The molecule has 0 radical (unpaired) electrons. The lowest BCUT2D eigenvalue weighted by molar-refractivity contribution is 1.19. The highest BCUT2D eigenvalue weighted by Crippen LogP contribution is 2.31. The first kappa shape index (κ1) is 16.4. The van der Waals surface area contributed by atoms with Crippen molar-refractivity contribution in [3.63, 3.8) is 0 Å².